The maximum absolute atomic E-state index is 12.5. The highest BCUT2D eigenvalue weighted by Gasteiger charge is 2.27. The Morgan fingerprint density at radius 2 is 1.57 bits per heavy atom. The molecule has 37 heavy (non-hydrogen) atoms. The van der Waals surface area contributed by atoms with Crippen molar-refractivity contribution in [2.75, 3.05) is 12.4 Å². The summed E-state index contributed by atoms with van der Waals surface area (Å²) in [6.45, 7) is -1.06. The summed E-state index contributed by atoms with van der Waals surface area (Å²) >= 11 is 0. The molecule has 0 radical (unpaired) electrons. The van der Waals surface area contributed by atoms with Gasteiger partial charge in [-0.1, -0.05) is 24.3 Å². The lowest BCUT2D eigenvalue weighted by Gasteiger charge is -2.09. The van der Waals surface area contributed by atoms with Gasteiger partial charge in [-0.15, -0.1) is 10.2 Å². The second-order valence-corrected chi connectivity index (χ2v) is 11.7. The van der Waals surface area contributed by atoms with Crippen LogP contribution in [0.25, 0.3) is 10.8 Å². The molecule has 0 spiro atoms. The number of aromatic hydroxyl groups is 2. The molecule has 0 fully saturated rings. The van der Waals surface area contributed by atoms with Gasteiger partial charge in [0.15, 0.2) is 15.6 Å². The third-order valence-electron chi connectivity index (χ3n) is 4.68. The summed E-state index contributed by atoms with van der Waals surface area (Å²) in [7, 11) is -14.5. The first-order chi connectivity index (χ1) is 17.0. The number of phenols is 2. The van der Waals surface area contributed by atoms with E-state index in [2.05, 4.69) is 14.4 Å². The van der Waals surface area contributed by atoms with Gasteiger partial charge in [-0.3, -0.25) is 19.2 Å². The van der Waals surface area contributed by atoms with Crippen LogP contribution in [0.1, 0.15) is 0 Å². The summed E-state index contributed by atoms with van der Waals surface area (Å²) in [5.41, 5.74) is -2.85. The standard InChI is InChI=1S/C18H15N3O13S3/c22-17-12-4-2-1-3-10(12)7-15(36(28,29)30)16(17)20-19-13-8-11(9-14(18(13)23)21(24)25)35(26,27)6-5-34-37(31,32)33/h1-4,7-9,22-23H,5-6H2,(H,28,29,30)(H,31,32,33). The lowest BCUT2D eigenvalue weighted by atomic mass is 10.1. The third-order valence-corrected chi connectivity index (χ3v) is 7.67. The van der Waals surface area contributed by atoms with Gasteiger partial charge in [0.1, 0.15) is 16.3 Å². The van der Waals surface area contributed by atoms with E-state index in [4.69, 9.17) is 4.55 Å². The molecule has 3 aromatic carbocycles. The molecule has 0 aliphatic heterocycles. The Bertz CT molecular complexity index is 1770. The van der Waals surface area contributed by atoms with E-state index in [-0.39, 0.29) is 10.8 Å². The zero-order valence-corrected chi connectivity index (χ0v) is 20.4. The molecule has 0 unspecified atom stereocenters. The molecule has 0 saturated heterocycles. The second kappa shape index (κ2) is 9.95. The molecule has 4 N–H and O–H groups in total. The molecule has 0 atom stereocenters. The van der Waals surface area contributed by atoms with Crippen LogP contribution in [0.2, 0.25) is 0 Å². The van der Waals surface area contributed by atoms with Gasteiger partial charge in [-0.05, 0) is 17.5 Å². The Morgan fingerprint density at radius 1 is 0.919 bits per heavy atom. The first kappa shape index (κ1) is 27.8. The number of fused-ring (bicyclic) bond motifs is 1. The van der Waals surface area contributed by atoms with Crippen LogP contribution in [-0.2, 0) is 34.5 Å². The molecule has 0 aliphatic carbocycles. The first-order valence-electron chi connectivity index (χ1n) is 9.51. The summed E-state index contributed by atoms with van der Waals surface area (Å²) in [4.78, 5) is 8.43. The van der Waals surface area contributed by atoms with Crippen LogP contribution in [0, 0.1) is 10.1 Å². The number of hydrogen-bond acceptors (Lipinski definition) is 13. The number of azo groups is 1. The smallest absolute Gasteiger partial charge is 0.397 e. The van der Waals surface area contributed by atoms with Crippen molar-refractivity contribution in [1.82, 2.24) is 0 Å². The monoisotopic (exact) mass is 577 g/mol. The fourth-order valence-electron chi connectivity index (χ4n) is 3.03. The molecule has 16 nitrogen and oxygen atoms in total. The van der Waals surface area contributed by atoms with E-state index in [0.29, 0.717) is 12.1 Å². The van der Waals surface area contributed by atoms with E-state index in [0.717, 1.165) is 6.07 Å². The van der Waals surface area contributed by atoms with Crippen molar-refractivity contribution in [2.45, 2.75) is 9.79 Å². The first-order valence-corrected chi connectivity index (χ1v) is 14.0. The highest BCUT2D eigenvalue weighted by molar-refractivity contribution is 7.91. The number of hydrogen-bond donors (Lipinski definition) is 4. The van der Waals surface area contributed by atoms with Gasteiger partial charge in [-0.2, -0.15) is 16.8 Å². The number of phenolic OH excluding ortho intramolecular Hbond substituents is 2. The van der Waals surface area contributed by atoms with E-state index >= 15 is 0 Å². The molecule has 198 valence electrons. The van der Waals surface area contributed by atoms with Gasteiger partial charge < -0.3 is 10.2 Å². The molecule has 0 amide bonds. The fraction of sp³-hybridized carbons (Fsp3) is 0.111. The second-order valence-electron chi connectivity index (χ2n) is 7.10. The number of rotatable bonds is 9. The van der Waals surface area contributed by atoms with Crippen molar-refractivity contribution < 1.29 is 53.7 Å². The topological polar surface area (TPSA) is 260 Å². The predicted molar refractivity (Wildman–Crippen MR) is 124 cm³/mol. The van der Waals surface area contributed by atoms with Crippen molar-refractivity contribution >= 4 is 58.2 Å². The number of nitro groups is 1. The maximum Gasteiger partial charge on any atom is 0.397 e. The van der Waals surface area contributed by atoms with Crippen molar-refractivity contribution in [3.05, 3.63) is 52.6 Å². The van der Waals surface area contributed by atoms with E-state index in [9.17, 15) is 50.1 Å². The molecule has 0 aliphatic rings. The summed E-state index contributed by atoms with van der Waals surface area (Å²) in [5, 5.41) is 39.3. The summed E-state index contributed by atoms with van der Waals surface area (Å²) in [5.74, 6) is -3.03. The Hall–Kier alpha value is -3.75. The summed E-state index contributed by atoms with van der Waals surface area (Å²) in [6, 6.07) is 7.79. The predicted octanol–water partition coefficient (Wildman–Crippen LogP) is 2.41. The maximum atomic E-state index is 12.5. The Kier molecular flexibility index (Phi) is 7.49. The quantitative estimate of drug-likeness (QED) is 0.123. The fourth-order valence-corrected chi connectivity index (χ4v) is 5.21. The number of sulfone groups is 1. The molecular weight excluding hydrogens is 562 g/mol. The number of nitro benzene ring substituents is 1. The Morgan fingerprint density at radius 3 is 2.16 bits per heavy atom. The zero-order chi connectivity index (χ0) is 27.8. The van der Waals surface area contributed by atoms with Crippen LogP contribution in [0.4, 0.5) is 17.1 Å². The highest BCUT2D eigenvalue weighted by Crippen LogP contribution is 2.43. The van der Waals surface area contributed by atoms with E-state index < -0.39 is 86.0 Å². The van der Waals surface area contributed by atoms with Gasteiger partial charge in [0.2, 0.25) is 5.75 Å². The molecular formula is C18H15N3O13S3. The molecule has 0 bridgehead atoms. The third kappa shape index (κ3) is 6.34. The Labute approximate surface area is 208 Å². The average molecular weight is 578 g/mol. The average Bonchev–Trinajstić information content (AvgIpc) is 2.77. The van der Waals surface area contributed by atoms with Crippen molar-refractivity contribution in [2.24, 2.45) is 10.2 Å². The number of benzene rings is 3. The van der Waals surface area contributed by atoms with E-state index in [1.54, 1.807) is 0 Å². The molecule has 3 rings (SSSR count). The van der Waals surface area contributed by atoms with Crippen LogP contribution in [-0.4, -0.2) is 61.9 Å². The van der Waals surface area contributed by atoms with Crippen molar-refractivity contribution in [3.63, 3.8) is 0 Å². The summed E-state index contributed by atoms with van der Waals surface area (Å²) in [6.07, 6.45) is 0. The van der Waals surface area contributed by atoms with Gasteiger partial charge >= 0.3 is 16.1 Å². The van der Waals surface area contributed by atoms with Crippen LogP contribution >= 0.6 is 0 Å². The lowest BCUT2D eigenvalue weighted by molar-refractivity contribution is -0.386. The van der Waals surface area contributed by atoms with Crippen LogP contribution < -0.4 is 0 Å². The van der Waals surface area contributed by atoms with Gasteiger partial charge in [0.05, 0.1) is 22.2 Å². The minimum absolute atomic E-state index is 0.0780. The van der Waals surface area contributed by atoms with Crippen LogP contribution in [0.5, 0.6) is 11.5 Å². The highest BCUT2D eigenvalue weighted by atomic mass is 32.3. The van der Waals surface area contributed by atoms with Gasteiger partial charge in [0.25, 0.3) is 10.1 Å². The summed E-state index contributed by atoms with van der Waals surface area (Å²) < 4.78 is 92.2. The minimum Gasteiger partial charge on any atom is -0.505 e. The molecule has 19 heteroatoms. The van der Waals surface area contributed by atoms with Crippen LogP contribution in [0.15, 0.2) is 62.5 Å². The number of nitrogens with zero attached hydrogens (tertiary/aromatic N) is 3. The molecule has 0 aromatic heterocycles. The molecule has 0 saturated carbocycles. The molecule has 0 heterocycles. The molecule has 3 aromatic rings. The van der Waals surface area contributed by atoms with E-state index in [1.165, 1.54) is 24.3 Å². The Balaban J connectivity index is 2.18. The minimum atomic E-state index is -5.00. The SMILES string of the molecule is O=[N+]([O-])c1cc(S(=O)(=O)CCOS(=O)(=O)O)cc(N=Nc2c(S(=O)(=O)O)cc3ccccc3c2O)c1O. The van der Waals surface area contributed by atoms with Crippen molar-refractivity contribution in [3.8, 4) is 11.5 Å². The normalized spacial score (nSPS) is 12.8. The lowest BCUT2D eigenvalue weighted by Crippen LogP contribution is -2.15. The van der Waals surface area contributed by atoms with Crippen LogP contribution in [0.3, 0.4) is 0 Å². The zero-order valence-electron chi connectivity index (χ0n) is 18.0. The largest absolute Gasteiger partial charge is 0.505 e. The van der Waals surface area contributed by atoms with E-state index in [1.807, 2.05) is 0 Å². The van der Waals surface area contributed by atoms with Crippen molar-refractivity contribution in [1.29, 1.82) is 0 Å². The van der Waals surface area contributed by atoms with Gasteiger partial charge in [0, 0.05) is 11.5 Å². The van der Waals surface area contributed by atoms with Gasteiger partial charge in [-0.25, -0.2) is 12.6 Å².